The number of carbonyl (C=O) groups is 2. The first-order valence-electron chi connectivity index (χ1n) is 10.7. The number of rotatable bonds is 16. The highest BCUT2D eigenvalue weighted by Gasteiger charge is 2.25. The molecule has 0 rings (SSSR count). The Morgan fingerprint density at radius 1 is 0.654 bits per heavy atom. The topological polar surface area (TPSA) is 74.6 Å². The molecule has 0 aliphatic rings. The maximum Gasteiger partial charge on any atom is 0.309 e. The average molecular weight is 373 g/mol. The molecule has 0 spiro atoms. The molecule has 0 saturated heterocycles. The molecule has 0 unspecified atom stereocenters. The predicted octanol–water partition coefficient (Wildman–Crippen LogP) is 7.06. The van der Waals surface area contributed by atoms with Gasteiger partial charge in [-0.1, -0.05) is 90.9 Å². The van der Waals surface area contributed by atoms with Crippen LogP contribution in [0.5, 0.6) is 0 Å². The smallest absolute Gasteiger partial charge is 0.309 e. The maximum absolute atomic E-state index is 10.9. The van der Waals surface area contributed by atoms with Crippen molar-refractivity contribution < 1.29 is 19.8 Å². The molecule has 0 radical (unpaired) electrons. The summed E-state index contributed by atoms with van der Waals surface area (Å²) in [6.07, 6.45) is 17.1. The van der Waals surface area contributed by atoms with Crippen LogP contribution < -0.4 is 0 Å². The molecule has 0 heterocycles. The SMILES string of the molecule is CCCCCC(=O)O.CCCCCCCCCCCCC(C)(C)C(=O)O. The summed E-state index contributed by atoms with van der Waals surface area (Å²) in [5.74, 6) is -1.35. The van der Waals surface area contributed by atoms with Crippen molar-refractivity contribution in [1.29, 1.82) is 0 Å². The molecule has 4 heteroatoms. The highest BCUT2D eigenvalue weighted by Crippen LogP contribution is 2.24. The molecule has 0 atom stereocenters. The van der Waals surface area contributed by atoms with Crippen LogP contribution in [0.25, 0.3) is 0 Å². The van der Waals surface area contributed by atoms with Crippen LogP contribution in [0.1, 0.15) is 124 Å². The van der Waals surface area contributed by atoms with Gasteiger partial charge in [0.25, 0.3) is 0 Å². The fourth-order valence-corrected chi connectivity index (χ4v) is 2.69. The first-order chi connectivity index (χ1) is 12.3. The van der Waals surface area contributed by atoms with Gasteiger partial charge in [-0.2, -0.15) is 0 Å². The second-order valence-electron chi connectivity index (χ2n) is 7.97. The van der Waals surface area contributed by atoms with E-state index in [4.69, 9.17) is 10.2 Å². The molecule has 26 heavy (non-hydrogen) atoms. The van der Waals surface area contributed by atoms with E-state index >= 15 is 0 Å². The van der Waals surface area contributed by atoms with Gasteiger partial charge in [0.2, 0.25) is 0 Å². The van der Waals surface area contributed by atoms with E-state index in [1.807, 2.05) is 13.8 Å². The summed E-state index contributed by atoms with van der Waals surface area (Å²) in [6.45, 7) is 7.95. The molecule has 0 saturated carbocycles. The Labute approximate surface area is 161 Å². The van der Waals surface area contributed by atoms with E-state index in [2.05, 4.69) is 13.8 Å². The van der Waals surface area contributed by atoms with E-state index in [1.54, 1.807) is 0 Å². The molecule has 0 fully saturated rings. The summed E-state index contributed by atoms with van der Waals surface area (Å²) >= 11 is 0. The van der Waals surface area contributed by atoms with Crippen LogP contribution in [0, 0.1) is 5.41 Å². The van der Waals surface area contributed by atoms with Gasteiger partial charge in [-0.25, -0.2) is 0 Å². The molecular formula is C22H44O4. The first kappa shape index (κ1) is 27.2. The van der Waals surface area contributed by atoms with E-state index in [0.29, 0.717) is 6.42 Å². The average Bonchev–Trinajstić information content (AvgIpc) is 2.57. The number of aliphatic carboxylic acids is 2. The minimum Gasteiger partial charge on any atom is -0.481 e. The van der Waals surface area contributed by atoms with Gasteiger partial charge in [0.15, 0.2) is 0 Å². The third-order valence-electron chi connectivity index (χ3n) is 4.73. The summed E-state index contributed by atoms with van der Waals surface area (Å²) in [5.41, 5.74) is -0.542. The predicted molar refractivity (Wildman–Crippen MR) is 110 cm³/mol. The summed E-state index contributed by atoms with van der Waals surface area (Å²) in [7, 11) is 0. The zero-order chi connectivity index (χ0) is 20.3. The molecule has 0 bridgehead atoms. The molecule has 0 aliphatic heterocycles. The van der Waals surface area contributed by atoms with Crippen molar-refractivity contribution in [2.75, 3.05) is 0 Å². The van der Waals surface area contributed by atoms with E-state index in [0.717, 1.165) is 32.1 Å². The van der Waals surface area contributed by atoms with Crippen molar-refractivity contribution in [2.45, 2.75) is 124 Å². The number of hydrogen-bond acceptors (Lipinski definition) is 2. The van der Waals surface area contributed by atoms with Gasteiger partial charge in [0.1, 0.15) is 0 Å². The van der Waals surface area contributed by atoms with E-state index in [1.165, 1.54) is 57.8 Å². The maximum atomic E-state index is 10.9. The molecule has 0 amide bonds. The Morgan fingerprint density at radius 3 is 1.42 bits per heavy atom. The van der Waals surface area contributed by atoms with Crippen LogP contribution in [-0.2, 0) is 9.59 Å². The second kappa shape index (κ2) is 18.7. The van der Waals surface area contributed by atoms with Gasteiger partial charge in [-0.3, -0.25) is 9.59 Å². The fraction of sp³-hybridized carbons (Fsp3) is 0.909. The van der Waals surface area contributed by atoms with Crippen LogP contribution >= 0.6 is 0 Å². The van der Waals surface area contributed by atoms with Gasteiger partial charge in [0, 0.05) is 6.42 Å². The zero-order valence-electron chi connectivity index (χ0n) is 17.8. The van der Waals surface area contributed by atoms with Gasteiger partial charge in [-0.05, 0) is 26.7 Å². The standard InChI is InChI=1S/C16H32O2.C6H12O2/c1-4-5-6-7-8-9-10-11-12-13-14-16(2,3)15(17)18;1-2-3-4-5-6(7)8/h4-14H2,1-3H3,(H,17,18);2-5H2,1H3,(H,7,8). The van der Waals surface area contributed by atoms with Crippen molar-refractivity contribution in [2.24, 2.45) is 5.41 Å². The minimum atomic E-state index is -0.682. The van der Waals surface area contributed by atoms with E-state index in [-0.39, 0.29) is 0 Å². The third kappa shape index (κ3) is 21.0. The first-order valence-corrected chi connectivity index (χ1v) is 10.7. The van der Waals surface area contributed by atoms with Gasteiger partial charge in [0.05, 0.1) is 5.41 Å². The molecule has 0 aromatic heterocycles. The number of carboxylic acids is 2. The quantitative estimate of drug-likeness (QED) is 0.284. The fourth-order valence-electron chi connectivity index (χ4n) is 2.69. The lowest BCUT2D eigenvalue weighted by Crippen LogP contribution is -2.23. The van der Waals surface area contributed by atoms with Gasteiger partial charge >= 0.3 is 11.9 Å². The van der Waals surface area contributed by atoms with Crippen LogP contribution in [0.2, 0.25) is 0 Å². The van der Waals surface area contributed by atoms with Crippen molar-refractivity contribution >= 4 is 11.9 Å². The normalized spacial score (nSPS) is 10.9. The van der Waals surface area contributed by atoms with Crippen LogP contribution in [0.15, 0.2) is 0 Å². The Bertz CT molecular complexity index is 337. The lowest BCUT2D eigenvalue weighted by molar-refractivity contribution is -0.147. The summed E-state index contributed by atoms with van der Waals surface area (Å²) in [5, 5.41) is 17.1. The molecular weight excluding hydrogens is 328 g/mol. The van der Waals surface area contributed by atoms with Crippen molar-refractivity contribution in [3.63, 3.8) is 0 Å². The lowest BCUT2D eigenvalue weighted by atomic mass is 9.87. The lowest BCUT2D eigenvalue weighted by Gasteiger charge is -2.18. The van der Waals surface area contributed by atoms with Crippen molar-refractivity contribution in [3.05, 3.63) is 0 Å². The Balaban J connectivity index is 0. The Hall–Kier alpha value is -1.06. The summed E-state index contributed by atoms with van der Waals surface area (Å²) < 4.78 is 0. The van der Waals surface area contributed by atoms with Crippen molar-refractivity contribution in [3.8, 4) is 0 Å². The third-order valence-corrected chi connectivity index (χ3v) is 4.73. The highest BCUT2D eigenvalue weighted by atomic mass is 16.4. The molecule has 4 nitrogen and oxygen atoms in total. The Morgan fingerprint density at radius 2 is 1.04 bits per heavy atom. The van der Waals surface area contributed by atoms with Crippen LogP contribution in [0.4, 0.5) is 0 Å². The zero-order valence-corrected chi connectivity index (χ0v) is 17.8. The monoisotopic (exact) mass is 372 g/mol. The van der Waals surface area contributed by atoms with E-state index < -0.39 is 17.4 Å². The summed E-state index contributed by atoms with van der Waals surface area (Å²) in [6, 6.07) is 0. The molecule has 156 valence electrons. The molecule has 0 aromatic carbocycles. The summed E-state index contributed by atoms with van der Waals surface area (Å²) in [4.78, 5) is 20.8. The second-order valence-corrected chi connectivity index (χ2v) is 7.97. The van der Waals surface area contributed by atoms with Gasteiger partial charge in [-0.15, -0.1) is 0 Å². The number of unbranched alkanes of at least 4 members (excludes halogenated alkanes) is 11. The molecule has 0 aromatic rings. The van der Waals surface area contributed by atoms with Crippen LogP contribution in [0.3, 0.4) is 0 Å². The van der Waals surface area contributed by atoms with Crippen molar-refractivity contribution in [1.82, 2.24) is 0 Å². The highest BCUT2D eigenvalue weighted by molar-refractivity contribution is 5.73. The minimum absolute atomic E-state index is 0.327. The molecule has 0 aliphatic carbocycles. The molecule has 2 N–H and O–H groups in total. The number of carboxylic acid groups (broad SMARTS) is 2. The largest absolute Gasteiger partial charge is 0.481 e. The Kier molecular flexibility index (Phi) is 19.6. The van der Waals surface area contributed by atoms with Gasteiger partial charge < -0.3 is 10.2 Å². The van der Waals surface area contributed by atoms with E-state index in [9.17, 15) is 9.59 Å². The van der Waals surface area contributed by atoms with Crippen LogP contribution in [-0.4, -0.2) is 22.2 Å². The number of hydrogen-bond donors (Lipinski definition) is 2.